The van der Waals surface area contributed by atoms with Gasteiger partial charge in [0.15, 0.2) is 11.2 Å². The zero-order valence-corrected chi connectivity index (χ0v) is 15.1. The van der Waals surface area contributed by atoms with Crippen LogP contribution in [0.4, 0.5) is 0 Å². The van der Waals surface area contributed by atoms with Crippen molar-refractivity contribution in [3.8, 4) is 11.1 Å². The number of primary amides is 1. The van der Waals surface area contributed by atoms with Crippen LogP contribution in [0.1, 0.15) is 16.7 Å². The molecule has 4 rings (SSSR count). The molecule has 1 atom stereocenters. The first-order valence-corrected chi connectivity index (χ1v) is 8.67. The minimum Gasteiger partial charge on any atom is -0.372 e. The molecule has 0 saturated heterocycles. The highest BCUT2D eigenvalue weighted by molar-refractivity contribution is 5.91. The highest BCUT2D eigenvalue weighted by Crippen LogP contribution is 2.34. The molecule has 2 aromatic carbocycles. The van der Waals surface area contributed by atoms with Gasteiger partial charge in [0.2, 0.25) is 0 Å². The fraction of sp³-hybridized carbons (Fsp3) is 0.0952. The summed E-state index contributed by atoms with van der Waals surface area (Å²) in [6, 6.07) is 15.7. The predicted octanol–water partition coefficient (Wildman–Crippen LogP) is 1.95. The fourth-order valence-corrected chi connectivity index (χ4v) is 3.52. The first kappa shape index (κ1) is 17.7. The van der Waals surface area contributed by atoms with Crippen molar-refractivity contribution in [3.63, 3.8) is 0 Å². The SMILES string of the molecule is Cc1cc(-c2ccnc3[nH]c(=O)[nH]c23)ccc1C(O)(C(N)=O)c1ccccc1. The number of nitrogens with one attached hydrogen (secondary N) is 2. The van der Waals surface area contributed by atoms with Crippen molar-refractivity contribution in [2.75, 3.05) is 0 Å². The van der Waals surface area contributed by atoms with Crippen LogP contribution in [-0.4, -0.2) is 26.0 Å². The van der Waals surface area contributed by atoms with E-state index < -0.39 is 11.5 Å². The van der Waals surface area contributed by atoms with Crippen molar-refractivity contribution in [1.82, 2.24) is 15.0 Å². The summed E-state index contributed by atoms with van der Waals surface area (Å²) in [5.41, 5.74) is 7.44. The number of aromatic amines is 2. The number of nitrogens with two attached hydrogens (primary N) is 1. The average Bonchev–Trinajstić information content (AvgIpc) is 3.08. The molecular formula is C21H18N4O3. The summed E-state index contributed by atoms with van der Waals surface area (Å²) < 4.78 is 0. The lowest BCUT2D eigenvalue weighted by molar-refractivity contribution is -0.133. The van der Waals surface area contributed by atoms with E-state index in [1.807, 2.05) is 6.07 Å². The van der Waals surface area contributed by atoms with E-state index in [9.17, 15) is 14.7 Å². The van der Waals surface area contributed by atoms with Crippen molar-refractivity contribution in [2.45, 2.75) is 12.5 Å². The quantitative estimate of drug-likeness (QED) is 0.436. The Bertz CT molecular complexity index is 1240. The lowest BCUT2D eigenvalue weighted by atomic mass is 9.82. The third-order valence-corrected chi connectivity index (χ3v) is 4.90. The summed E-state index contributed by atoms with van der Waals surface area (Å²) in [4.78, 5) is 33.4. The van der Waals surface area contributed by atoms with Gasteiger partial charge in [0, 0.05) is 17.3 Å². The number of rotatable bonds is 4. The van der Waals surface area contributed by atoms with Gasteiger partial charge in [-0.3, -0.25) is 9.78 Å². The number of pyridine rings is 1. The predicted molar refractivity (Wildman–Crippen MR) is 106 cm³/mol. The van der Waals surface area contributed by atoms with Crippen LogP contribution in [0.25, 0.3) is 22.3 Å². The van der Waals surface area contributed by atoms with Gasteiger partial charge in [-0.15, -0.1) is 0 Å². The van der Waals surface area contributed by atoms with E-state index in [4.69, 9.17) is 5.73 Å². The van der Waals surface area contributed by atoms with E-state index in [2.05, 4.69) is 15.0 Å². The molecule has 0 aliphatic carbocycles. The Morgan fingerprint density at radius 2 is 1.86 bits per heavy atom. The second-order valence-electron chi connectivity index (χ2n) is 6.63. The van der Waals surface area contributed by atoms with Crippen LogP contribution in [0.3, 0.4) is 0 Å². The molecule has 0 fully saturated rings. The number of aromatic nitrogens is 3. The van der Waals surface area contributed by atoms with E-state index in [1.54, 1.807) is 61.7 Å². The van der Waals surface area contributed by atoms with Crippen LogP contribution in [0.15, 0.2) is 65.6 Å². The lowest BCUT2D eigenvalue weighted by Gasteiger charge is -2.27. The summed E-state index contributed by atoms with van der Waals surface area (Å²) in [5, 5.41) is 11.2. The minimum atomic E-state index is -1.94. The van der Waals surface area contributed by atoms with Gasteiger partial charge in [-0.05, 0) is 29.7 Å². The Balaban J connectivity index is 1.88. The first-order chi connectivity index (χ1) is 13.4. The number of fused-ring (bicyclic) bond motifs is 1. The first-order valence-electron chi connectivity index (χ1n) is 8.67. The molecule has 140 valence electrons. The zero-order chi connectivity index (χ0) is 19.9. The molecular weight excluding hydrogens is 356 g/mol. The molecule has 5 N–H and O–H groups in total. The van der Waals surface area contributed by atoms with Crippen LogP contribution in [0.2, 0.25) is 0 Å². The largest absolute Gasteiger partial charge is 0.372 e. The summed E-state index contributed by atoms with van der Waals surface area (Å²) in [6.07, 6.45) is 1.61. The number of aliphatic hydroxyl groups is 1. The number of carbonyl (C=O) groups is 1. The summed E-state index contributed by atoms with van der Waals surface area (Å²) in [5.74, 6) is -0.851. The highest BCUT2D eigenvalue weighted by Gasteiger charge is 2.39. The normalized spacial score (nSPS) is 13.4. The molecule has 7 heteroatoms. The average molecular weight is 374 g/mol. The Hall–Kier alpha value is -3.71. The Morgan fingerprint density at radius 1 is 1.11 bits per heavy atom. The van der Waals surface area contributed by atoms with Gasteiger partial charge in [-0.25, -0.2) is 9.78 Å². The van der Waals surface area contributed by atoms with Crippen molar-refractivity contribution < 1.29 is 9.90 Å². The molecule has 1 unspecified atom stereocenters. The van der Waals surface area contributed by atoms with Gasteiger partial charge in [-0.1, -0.05) is 48.5 Å². The summed E-state index contributed by atoms with van der Waals surface area (Å²) >= 11 is 0. The monoisotopic (exact) mass is 374 g/mol. The van der Waals surface area contributed by atoms with Crippen LogP contribution in [-0.2, 0) is 10.4 Å². The van der Waals surface area contributed by atoms with E-state index >= 15 is 0 Å². The standard InChI is InChI=1S/C21H18N4O3/c1-12-11-13(15-9-10-23-18-17(15)24-20(27)25-18)7-8-16(12)21(28,19(22)26)14-5-3-2-4-6-14/h2-11,28H,1H3,(H2,22,26)(H2,23,24,25,27). The Labute approximate surface area is 159 Å². The molecule has 1 amide bonds. The summed E-state index contributed by atoms with van der Waals surface area (Å²) in [7, 11) is 0. The second kappa shape index (κ2) is 6.47. The molecule has 0 aliphatic heterocycles. The van der Waals surface area contributed by atoms with Crippen LogP contribution in [0.5, 0.6) is 0 Å². The maximum atomic E-state index is 12.2. The van der Waals surface area contributed by atoms with Gasteiger partial charge in [0.05, 0.1) is 5.52 Å². The maximum absolute atomic E-state index is 12.2. The maximum Gasteiger partial charge on any atom is 0.325 e. The number of hydrogen-bond acceptors (Lipinski definition) is 4. The van der Waals surface area contributed by atoms with Gasteiger partial charge < -0.3 is 15.8 Å². The third kappa shape index (κ3) is 2.69. The number of hydrogen-bond donors (Lipinski definition) is 4. The molecule has 4 aromatic rings. The van der Waals surface area contributed by atoms with Gasteiger partial charge >= 0.3 is 5.69 Å². The smallest absolute Gasteiger partial charge is 0.325 e. The molecule has 0 aliphatic rings. The molecule has 0 bridgehead atoms. The van der Waals surface area contributed by atoms with Gasteiger partial charge in [0.1, 0.15) is 0 Å². The molecule has 2 aromatic heterocycles. The Morgan fingerprint density at radius 3 is 2.54 bits per heavy atom. The van der Waals surface area contributed by atoms with Crippen LogP contribution in [0, 0.1) is 6.92 Å². The van der Waals surface area contributed by atoms with Crippen LogP contribution < -0.4 is 11.4 Å². The number of benzene rings is 2. The number of carbonyl (C=O) groups excluding carboxylic acids is 1. The van der Waals surface area contributed by atoms with E-state index in [0.717, 1.165) is 11.1 Å². The highest BCUT2D eigenvalue weighted by atomic mass is 16.3. The molecule has 0 saturated carbocycles. The lowest BCUT2D eigenvalue weighted by Crippen LogP contribution is -2.42. The van der Waals surface area contributed by atoms with E-state index in [-0.39, 0.29) is 5.69 Å². The van der Waals surface area contributed by atoms with Crippen LogP contribution >= 0.6 is 0 Å². The molecule has 28 heavy (non-hydrogen) atoms. The summed E-state index contributed by atoms with van der Waals surface area (Å²) in [6.45, 7) is 1.80. The number of H-pyrrole nitrogens is 2. The second-order valence-corrected chi connectivity index (χ2v) is 6.63. The molecule has 2 heterocycles. The fourth-order valence-electron chi connectivity index (χ4n) is 3.52. The van der Waals surface area contributed by atoms with Gasteiger partial charge in [0.25, 0.3) is 5.91 Å². The zero-order valence-electron chi connectivity index (χ0n) is 15.1. The van der Waals surface area contributed by atoms with Crippen molar-refractivity contribution in [3.05, 3.63) is 88.0 Å². The van der Waals surface area contributed by atoms with E-state index in [0.29, 0.717) is 27.9 Å². The number of aryl methyl sites for hydroxylation is 1. The Kier molecular flexibility index (Phi) is 4.09. The third-order valence-electron chi connectivity index (χ3n) is 4.90. The van der Waals surface area contributed by atoms with Crippen molar-refractivity contribution in [2.24, 2.45) is 5.73 Å². The topological polar surface area (TPSA) is 125 Å². The molecule has 7 nitrogen and oxygen atoms in total. The van der Waals surface area contributed by atoms with Crippen molar-refractivity contribution in [1.29, 1.82) is 0 Å². The number of nitrogens with zero attached hydrogens (tertiary/aromatic N) is 1. The minimum absolute atomic E-state index is 0.338. The number of imidazole rings is 1. The van der Waals surface area contributed by atoms with Crippen molar-refractivity contribution >= 4 is 17.1 Å². The van der Waals surface area contributed by atoms with E-state index in [1.165, 1.54) is 0 Å². The van der Waals surface area contributed by atoms with Gasteiger partial charge in [-0.2, -0.15) is 0 Å². The molecule has 0 radical (unpaired) electrons. The molecule has 0 spiro atoms. The number of amides is 1.